The number of hydrogen-bond donors (Lipinski definition) is 1. The highest BCUT2D eigenvalue weighted by molar-refractivity contribution is 7.18. The predicted molar refractivity (Wildman–Crippen MR) is 115 cm³/mol. The number of nitrogens with zero attached hydrogens (tertiary/aromatic N) is 3. The molecule has 0 aromatic carbocycles. The van der Waals surface area contributed by atoms with Crippen molar-refractivity contribution in [3.8, 4) is 0 Å². The van der Waals surface area contributed by atoms with Gasteiger partial charge in [0.15, 0.2) is 6.61 Å². The van der Waals surface area contributed by atoms with E-state index >= 15 is 0 Å². The van der Waals surface area contributed by atoms with E-state index in [1.165, 1.54) is 10.4 Å². The van der Waals surface area contributed by atoms with Crippen molar-refractivity contribution in [2.75, 3.05) is 24.6 Å². The maximum Gasteiger partial charge on any atom is 0.309 e. The zero-order chi connectivity index (χ0) is 21.2. The number of nitrogens with one attached hydrogen (secondary N) is 1. The largest absolute Gasteiger partial charge is 0.455 e. The van der Waals surface area contributed by atoms with E-state index in [-0.39, 0.29) is 29.9 Å². The van der Waals surface area contributed by atoms with E-state index in [4.69, 9.17) is 4.74 Å². The molecule has 0 bridgehead atoms. The number of piperidine rings is 1. The van der Waals surface area contributed by atoms with Crippen molar-refractivity contribution in [2.24, 2.45) is 5.92 Å². The van der Waals surface area contributed by atoms with Gasteiger partial charge in [-0.15, -0.1) is 11.3 Å². The summed E-state index contributed by atoms with van der Waals surface area (Å²) in [7, 11) is 0. The van der Waals surface area contributed by atoms with E-state index < -0.39 is 0 Å². The summed E-state index contributed by atoms with van der Waals surface area (Å²) in [6.45, 7) is 11.4. The molecule has 2 aromatic rings. The highest BCUT2D eigenvalue weighted by Gasteiger charge is 2.29. The van der Waals surface area contributed by atoms with E-state index in [0.29, 0.717) is 12.8 Å². The summed E-state index contributed by atoms with van der Waals surface area (Å²) < 4.78 is 5.27. The molecule has 0 saturated carbocycles. The van der Waals surface area contributed by atoms with E-state index in [1.807, 2.05) is 20.8 Å². The van der Waals surface area contributed by atoms with E-state index in [1.54, 1.807) is 17.7 Å². The third-order valence-electron chi connectivity index (χ3n) is 5.78. The van der Waals surface area contributed by atoms with Crippen molar-refractivity contribution in [1.82, 2.24) is 15.3 Å². The highest BCUT2D eigenvalue weighted by atomic mass is 32.1. The molecule has 0 spiro atoms. The van der Waals surface area contributed by atoms with E-state index in [0.717, 1.165) is 35.5 Å². The minimum atomic E-state index is -0.296. The smallest absolute Gasteiger partial charge is 0.309 e. The fraction of sp³-hybridized carbons (Fsp3) is 0.619. The maximum atomic E-state index is 12.4. The SMILES string of the molecule is CCC(C)(C)NC(=O)COC(=O)C1CCN(c2ncnc3sc(C)c(C)c23)CC1. The first-order valence-electron chi connectivity index (χ1n) is 10.1. The van der Waals surface area contributed by atoms with Gasteiger partial charge >= 0.3 is 5.97 Å². The Labute approximate surface area is 175 Å². The number of anilines is 1. The van der Waals surface area contributed by atoms with Gasteiger partial charge in [-0.1, -0.05) is 6.92 Å². The Morgan fingerprint density at radius 3 is 2.62 bits per heavy atom. The summed E-state index contributed by atoms with van der Waals surface area (Å²) in [6.07, 6.45) is 3.80. The van der Waals surface area contributed by atoms with Crippen LogP contribution < -0.4 is 10.2 Å². The van der Waals surface area contributed by atoms with Crippen LogP contribution >= 0.6 is 11.3 Å². The molecular weight excluding hydrogens is 388 g/mol. The number of esters is 1. The van der Waals surface area contributed by atoms with Gasteiger partial charge in [-0.25, -0.2) is 9.97 Å². The summed E-state index contributed by atoms with van der Waals surface area (Å²) in [5.41, 5.74) is 0.929. The Hall–Kier alpha value is -2.22. The third-order valence-corrected chi connectivity index (χ3v) is 6.90. The molecule has 1 amide bonds. The first-order valence-corrected chi connectivity index (χ1v) is 11.0. The van der Waals surface area contributed by atoms with Crippen molar-refractivity contribution in [3.05, 3.63) is 16.8 Å². The maximum absolute atomic E-state index is 12.4. The number of aromatic nitrogens is 2. The first kappa shape index (κ1) is 21.5. The van der Waals surface area contributed by atoms with Crippen LogP contribution in [-0.2, 0) is 14.3 Å². The van der Waals surface area contributed by atoms with Gasteiger partial charge in [0.1, 0.15) is 17.0 Å². The van der Waals surface area contributed by atoms with Gasteiger partial charge in [-0.05, 0) is 52.5 Å². The molecule has 0 aliphatic carbocycles. The Bertz CT molecular complexity index is 901. The topological polar surface area (TPSA) is 84.4 Å². The first-order chi connectivity index (χ1) is 13.7. The van der Waals surface area contributed by atoms with Crippen molar-refractivity contribution >= 4 is 39.2 Å². The molecule has 8 heteroatoms. The second kappa shape index (κ2) is 8.65. The molecule has 1 fully saturated rings. The Morgan fingerprint density at radius 1 is 1.28 bits per heavy atom. The van der Waals surface area contributed by atoms with Crippen LogP contribution in [0.4, 0.5) is 5.82 Å². The Balaban J connectivity index is 1.56. The van der Waals surface area contributed by atoms with Gasteiger partial charge in [-0.3, -0.25) is 9.59 Å². The number of carbonyl (C=O) groups is 2. The van der Waals surface area contributed by atoms with Crippen LogP contribution in [0.5, 0.6) is 0 Å². The van der Waals surface area contributed by atoms with E-state index in [2.05, 4.69) is 34.0 Å². The lowest BCUT2D eigenvalue weighted by molar-refractivity contribution is -0.153. The molecule has 2 aromatic heterocycles. The number of fused-ring (bicyclic) bond motifs is 1. The van der Waals surface area contributed by atoms with Gasteiger partial charge in [0.05, 0.1) is 11.3 Å². The number of hydrogen-bond acceptors (Lipinski definition) is 7. The van der Waals surface area contributed by atoms with Crippen molar-refractivity contribution in [2.45, 2.75) is 59.4 Å². The van der Waals surface area contributed by atoms with Crippen molar-refractivity contribution < 1.29 is 14.3 Å². The van der Waals surface area contributed by atoms with Crippen molar-refractivity contribution in [3.63, 3.8) is 0 Å². The standard InChI is InChI=1S/C21H30N4O3S/c1-6-21(4,5)24-16(26)11-28-20(27)15-7-9-25(10-8-15)18-17-13(2)14(3)29-19(17)23-12-22-18/h12,15H,6-11H2,1-5H3,(H,24,26). The third kappa shape index (κ3) is 4.86. The average molecular weight is 419 g/mol. The molecule has 1 aliphatic heterocycles. The molecule has 7 nitrogen and oxygen atoms in total. The van der Waals surface area contributed by atoms with Crippen LogP contribution in [0.3, 0.4) is 0 Å². The lowest BCUT2D eigenvalue weighted by Gasteiger charge is -2.32. The quantitative estimate of drug-likeness (QED) is 0.724. The summed E-state index contributed by atoms with van der Waals surface area (Å²) in [4.78, 5) is 37.8. The molecule has 0 atom stereocenters. The van der Waals surface area contributed by atoms with Crippen LogP contribution in [0.15, 0.2) is 6.33 Å². The number of ether oxygens (including phenoxy) is 1. The Kier molecular flexibility index (Phi) is 6.41. The number of carbonyl (C=O) groups excluding carboxylic acids is 2. The minimum Gasteiger partial charge on any atom is -0.455 e. The molecular formula is C21H30N4O3S. The second-order valence-electron chi connectivity index (χ2n) is 8.32. The van der Waals surface area contributed by atoms with Gasteiger partial charge in [0, 0.05) is 23.5 Å². The molecule has 0 unspecified atom stereocenters. The predicted octanol–water partition coefficient (Wildman–Crippen LogP) is 3.37. The summed E-state index contributed by atoms with van der Waals surface area (Å²) in [6, 6.07) is 0. The van der Waals surface area contributed by atoms with Crippen LogP contribution in [0.2, 0.25) is 0 Å². The van der Waals surface area contributed by atoms with Crippen molar-refractivity contribution in [1.29, 1.82) is 0 Å². The fourth-order valence-electron chi connectivity index (χ4n) is 3.49. The second-order valence-corrected chi connectivity index (χ2v) is 9.52. The molecule has 3 rings (SSSR count). The van der Waals surface area contributed by atoms with Crippen LogP contribution in [0.25, 0.3) is 10.2 Å². The number of thiophene rings is 1. The van der Waals surface area contributed by atoms with Gasteiger partial charge < -0.3 is 15.0 Å². The minimum absolute atomic E-state index is 0.180. The lowest BCUT2D eigenvalue weighted by Crippen LogP contribution is -2.45. The average Bonchev–Trinajstić information content (AvgIpc) is 3.00. The van der Waals surface area contributed by atoms with E-state index in [9.17, 15) is 9.59 Å². The number of amides is 1. The molecule has 3 heterocycles. The fourth-order valence-corrected chi connectivity index (χ4v) is 4.48. The molecule has 1 saturated heterocycles. The van der Waals surface area contributed by atoms with Gasteiger partial charge in [0.25, 0.3) is 5.91 Å². The zero-order valence-electron chi connectivity index (χ0n) is 17.9. The highest BCUT2D eigenvalue weighted by Crippen LogP contribution is 2.35. The molecule has 158 valence electrons. The summed E-state index contributed by atoms with van der Waals surface area (Å²) >= 11 is 1.69. The zero-order valence-corrected chi connectivity index (χ0v) is 18.7. The molecule has 29 heavy (non-hydrogen) atoms. The molecule has 1 aliphatic rings. The number of rotatable bonds is 6. The lowest BCUT2D eigenvalue weighted by atomic mass is 9.97. The van der Waals surface area contributed by atoms with Gasteiger partial charge in [-0.2, -0.15) is 0 Å². The normalized spacial score (nSPS) is 15.6. The van der Waals surface area contributed by atoms with Gasteiger partial charge in [0.2, 0.25) is 0 Å². The van der Waals surface area contributed by atoms with Crippen LogP contribution in [0, 0.1) is 19.8 Å². The van der Waals surface area contributed by atoms with Crippen LogP contribution in [0.1, 0.15) is 50.5 Å². The summed E-state index contributed by atoms with van der Waals surface area (Å²) in [5.74, 6) is 0.226. The summed E-state index contributed by atoms with van der Waals surface area (Å²) in [5, 5.41) is 4.00. The molecule has 1 N–H and O–H groups in total. The van der Waals surface area contributed by atoms with Crippen LogP contribution in [-0.4, -0.2) is 47.1 Å². The number of aryl methyl sites for hydroxylation is 2. The molecule has 0 radical (unpaired) electrons. The Morgan fingerprint density at radius 2 is 1.97 bits per heavy atom. The monoisotopic (exact) mass is 418 g/mol.